The molecule has 1 aliphatic heterocycles. The third-order valence-corrected chi connectivity index (χ3v) is 3.35. The first-order valence-corrected chi connectivity index (χ1v) is 6.34. The summed E-state index contributed by atoms with van der Waals surface area (Å²) < 4.78 is 0. The molecule has 0 bridgehead atoms. The molecule has 3 heteroatoms. The normalized spacial score (nSPS) is 21.1. The molecule has 17 heavy (non-hydrogen) atoms. The number of carbonyl (C=O) groups excluding carboxylic acids is 1. The molecular formula is C14H20N2O. The fraction of sp³-hybridized carbons (Fsp3) is 0.500. The minimum absolute atomic E-state index is 0.109. The number of carbonyl (C=O) groups is 1. The van der Waals surface area contributed by atoms with Gasteiger partial charge in [-0.15, -0.1) is 0 Å². The number of nitrogens with one attached hydrogen (secondary N) is 2. The van der Waals surface area contributed by atoms with Crippen molar-refractivity contribution in [2.75, 3.05) is 11.9 Å². The third-order valence-electron chi connectivity index (χ3n) is 3.35. The predicted octanol–water partition coefficient (Wildman–Crippen LogP) is 2.40. The smallest absolute Gasteiger partial charge is 0.224 e. The van der Waals surface area contributed by atoms with Crippen LogP contribution in [0.3, 0.4) is 0 Å². The van der Waals surface area contributed by atoms with E-state index < -0.39 is 0 Å². The Labute approximate surface area is 103 Å². The van der Waals surface area contributed by atoms with Gasteiger partial charge >= 0.3 is 0 Å². The molecule has 3 nitrogen and oxygen atoms in total. The molecule has 1 aromatic carbocycles. The summed E-state index contributed by atoms with van der Waals surface area (Å²) in [5.41, 5.74) is 0.879. The van der Waals surface area contributed by atoms with Gasteiger partial charge in [0.1, 0.15) is 0 Å². The van der Waals surface area contributed by atoms with Gasteiger partial charge in [0, 0.05) is 18.2 Å². The van der Waals surface area contributed by atoms with Crippen molar-refractivity contribution in [3.63, 3.8) is 0 Å². The number of benzene rings is 1. The fourth-order valence-corrected chi connectivity index (χ4v) is 2.37. The minimum Gasteiger partial charge on any atom is -0.326 e. The molecular weight excluding hydrogens is 212 g/mol. The molecule has 2 N–H and O–H groups in total. The number of anilines is 1. The van der Waals surface area contributed by atoms with Crippen LogP contribution in [0.4, 0.5) is 5.69 Å². The van der Waals surface area contributed by atoms with Crippen LogP contribution in [0.5, 0.6) is 0 Å². The highest BCUT2D eigenvalue weighted by atomic mass is 16.1. The van der Waals surface area contributed by atoms with Crippen LogP contribution in [0.15, 0.2) is 30.3 Å². The van der Waals surface area contributed by atoms with E-state index in [2.05, 4.69) is 17.6 Å². The summed E-state index contributed by atoms with van der Waals surface area (Å²) >= 11 is 0. The van der Waals surface area contributed by atoms with Gasteiger partial charge in [-0.2, -0.15) is 0 Å². The lowest BCUT2D eigenvalue weighted by Gasteiger charge is -2.18. The SMILES string of the molecule is C[C@@H](CC(=O)Nc1ccccc1)[C@@H]1CCCN1. The van der Waals surface area contributed by atoms with Crippen molar-refractivity contribution in [3.05, 3.63) is 30.3 Å². The Morgan fingerprint density at radius 2 is 2.24 bits per heavy atom. The Kier molecular flexibility index (Phi) is 4.15. The zero-order valence-electron chi connectivity index (χ0n) is 10.3. The molecule has 92 valence electrons. The lowest BCUT2D eigenvalue weighted by Crippen LogP contribution is -2.31. The van der Waals surface area contributed by atoms with Gasteiger partial charge in [-0.05, 0) is 37.4 Å². The van der Waals surface area contributed by atoms with Crippen LogP contribution in [0, 0.1) is 5.92 Å². The van der Waals surface area contributed by atoms with Crippen LogP contribution in [-0.2, 0) is 4.79 Å². The first-order chi connectivity index (χ1) is 8.25. The molecule has 2 atom stereocenters. The Morgan fingerprint density at radius 3 is 2.88 bits per heavy atom. The minimum atomic E-state index is 0.109. The highest BCUT2D eigenvalue weighted by Crippen LogP contribution is 2.18. The molecule has 0 spiro atoms. The van der Waals surface area contributed by atoms with E-state index in [1.807, 2.05) is 30.3 Å². The van der Waals surface area contributed by atoms with Crippen LogP contribution < -0.4 is 10.6 Å². The maximum Gasteiger partial charge on any atom is 0.224 e. The van der Waals surface area contributed by atoms with Crippen LogP contribution in [0.2, 0.25) is 0 Å². The maximum atomic E-state index is 11.8. The van der Waals surface area contributed by atoms with Crippen molar-refractivity contribution in [1.29, 1.82) is 0 Å². The second kappa shape index (κ2) is 5.82. The molecule has 1 aromatic rings. The molecule has 1 amide bonds. The Morgan fingerprint density at radius 1 is 1.47 bits per heavy atom. The van der Waals surface area contributed by atoms with E-state index in [9.17, 15) is 4.79 Å². The molecule has 1 heterocycles. The van der Waals surface area contributed by atoms with Crippen molar-refractivity contribution in [3.8, 4) is 0 Å². The zero-order valence-corrected chi connectivity index (χ0v) is 10.3. The Bertz CT molecular complexity index is 358. The van der Waals surface area contributed by atoms with Crippen molar-refractivity contribution < 1.29 is 4.79 Å². The first-order valence-electron chi connectivity index (χ1n) is 6.34. The van der Waals surface area contributed by atoms with Crippen molar-refractivity contribution in [2.45, 2.75) is 32.2 Å². The first kappa shape index (κ1) is 12.1. The summed E-state index contributed by atoms with van der Waals surface area (Å²) in [4.78, 5) is 11.8. The molecule has 0 aromatic heterocycles. The fourth-order valence-electron chi connectivity index (χ4n) is 2.37. The summed E-state index contributed by atoms with van der Waals surface area (Å²) in [6.07, 6.45) is 3.02. The summed E-state index contributed by atoms with van der Waals surface area (Å²) in [5, 5.41) is 6.38. The number of amides is 1. The van der Waals surface area contributed by atoms with Gasteiger partial charge in [0.15, 0.2) is 0 Å². The summed E-state index contributed by atoms with van der Waals surface area (Å²) in [7, 11) is 0. The lowest BCUT2D eigenvalue weighted by molar-refractivity contribution is -0.117. The maximum absolute atomic E-state index is 11.8. The van der Waals surface area contributed by atoms with E-state index in [1.54, 1.807) is 0 Å². The second-order valence-corrected chi connectivity index (χ2v) is 4.80. The predicted molar refractivity (Wildman–Crippen MR) is 69.9 cm³/mol. The third kappa shape index (κ3) is 3.56. The van der Waals surface area contributed by atoms with Crippen LogP contribution >= 0.6 is 0 Å². The highest BCUT2D eigenvalue weighted by Gasteiger charge is 2.22. The van der Waals surface area contributed by atoms with E-state index in [1.165, 1.54) is 12.8 Å². The van der Waals surface area contributed by atoms with Crippen LogP contribution in [0.25, 0.3) is 0 Å². The van der Waals surface area contributed by atoms with Gasteiger partial charge in [0.05, 0.1) is 0 Å². The van der Waals surface area contributed by atoms with Gasteiger partial charge in [-0.3, -0.25) is 4.79 Å². The van der Waals surface area contributed by atoms with Crippen LogP contribution in [-0.4, -0.2) is 18.5 Å². The standard InChI is InChI=1S/C14H20N2O/c1-11(13-8-5-9-15-13)10-14(17)16-12-6-3-2-4-7-12/h2-4,6-7,11,13,15H,5,8-10H2,1H3,(H,16,17)/t11-,13-/m0/s1. The highest BCUT2D eigenvalue weighted by molar-refractivity contribution is 5.90. The number of hydrogen-bond donors (Lipinski definition) is 2. The summed E-state index contributed by atoms with van der Waals surface area (Å²) in [6.45, 7) is 3.24. The number of rotatable bonds is 4. The van der Waals surface area contributed by atoms with Gasteiger partial charge in [-0.25, -0.2) is 0 Å². The molecule has 0 unspecified atom stereocenters. The average molecular weight is 232 g/mol. The van der Waals surface area contributed by atoms with Crippen molar-refractivity contribution in [2.24, 2.45) is 5.92 Å². The van der Waals surface area contributed by atoms with E-state index in [-0.39, 0.29) is 5.91 Å². The van der Waals surface area contributed by atoms with Crippen molar-refractivity contribution in [1.82, 2.24) is 5.32 Å². The second-order valence-electron chi connectivity index (χ2n) is 4.80. The lowest BCUT2D eigenvalue weighted by atomic mass is 9.96. The van der Waals surface area contributed by atoms with E-state index >= 15 is 0 Å². The van der Waals surface area contributed by atoms with Gasteiger partial charge in [0.2, 0.25) is 5.91 Å². The zero-order chi connectivity index (χ0) is 12.1. The van der Waals surface area contributed by atoms with Crippen molar-refractivity contribution >= 4 is 11.6 Å². The quantitative estimate of drug-likeness (QED) is 0.837. The van der Waals surface area contributed by atoms with E-state index in [4.69, 9.17) is 0 Å². The number of hydrogen-bond acceptors (Lipinski definition) is 2. The molecule has 0 saturated carbocycles. The molecule has 1 fully saturated rings. The molecule has 1 saturated heterocycles. The van der Waals surface area contributed by atoms with Gasteiger partial charge in [-0.1, -0.05) is 25.1 Å². The number of para-hydroxylation sites is 1. The summed E-state index contributed by atoms with van der Waals surface area (Å²) in [5.74, 6) is 0.513. The van der Waals surface area contributed by atoms with Gasteiger partial charge in [0.25, 0.3) is 0 Å². The van der Waals surface area contributed by atoms with Gasteiger partial charge < -0.3 is 10.6 Å². The molecule has 1 aliphatic rings. The molecule has 0 aliphatic carbocycles. The van der Waals surface area contributed by atoms with Crippen LogP contribution in [0.1, 0.15) is 26.2 Å². The largest absolute Gasteiger partial charge is 0.326 e. The molecule has 2 rings (SSSR count). The monoisotopic (exact) mass is 232 g/mol. The summed E-state index contributed by atoms with van der Waals surface area (Å²) in [6, 6.07) is 10.1. The Hall–Kier alpha value is -1.35. The molecule has 0 radical (unpaired) electrons. The van der Waals surface area contributed by atoms with E-state index in [0.29, 0.717) is 18.4 Å². The van der Waals surface area contributed by atoms with E-state index in [0.717, 1.165) is 12.2 Å². The Balaban J connectivity index is 1.80. The topological polar surface area (TPSA) is 41.1 Å². The average Bonchev–Trinajstić information content (AvgIpc) is 2.83.